The minimum Gasteiger partial charge on any atom is -0.473 e. The molecule has 0 radical (unpaired) electrons. The summed E-state index contributed by atoms with van der Waals surface area (Å²) in [5.41, 5.74) is 12.2. The summed E-state index contributed by atoms with van der Waals surface area (Å²) < 4.78 is 73.6. The molecule has 2 aromatic rings. The number of nitrogens with zero attached hydrogens (tertiary/aromatic N) is 2. The number of aromatic nitrogens is 2. The van der Waals surface area contributed by atoms with Gasteiger partial charge in [0.1, 0.15) is 11.4 Å². The van der Waals surface area contributed by atoms with Gasteiger partial charge in [-0.2, -0.15) is 26.3 Å². The van der Waals surface area contributed by atoms with Crippen molar-refractivity contribution in [2.45, 2.75) is 50.1 Å². The standard InChI is InChI=1S/2C9H9F3N2.C2H2O4/c2*10-9(11,12)8-4-1-5-6(13)2-3-7(5)14-8;3-1(4)2(5)6/h2*1,4,6H,2-3,13H2;(H,3,4)(H,5,6)/t2*6-;/m11./s1. The number of rotatable bonds is 0. The van der Waals surface area contributed by atoms with Gasteiger partial charge in [0.05, 0.1) is 0 Å². The van der Waals surface area contributed by atoms with Crippen LogP contribution in [0.4, 0.5) is 26.3 Å². The number of aliphatic carboxylic acids is 2. The number of halogens is 6. The second-order valence-corrected chi connectivity index (χ2v) is 7.36. The van der Waals surface area contributed by atoms with Gasteiger partial charge in [-0.3, -0.25) is 0 Å². The van der Waals surface area contributed by atoms with Crippen LogP contribution in [0.25, 0.3) is 0 Å². The fraction of sp³-hybridized carbons (Fsp3) is 0.400. The Morgan fingerprint density at radius 3 is 1.32 bits per heavy atom. The van der Waals surface area contributed by atoms with Gasteiger partial charge in [0.25, 0.3) is 0 Å². The van der Waals surface area contributed by atoms with E-state index in [1.54, 1.807) is 0 Å². The van der Waals surface area contributed by atoms with Gasteiger partial charge >= 0.3 is 24.3 Å². The van der Waals surface area contributed by atoms with E-state index in [1.165, 1.54) is 12.1 Å². The number of carboxylic acids is 2. The lowest BCUT2D eigenvalue weighted by Gasteiger charge is -2.08. The zero-order valence-electron chi connectivity index (χ0n) is 17.3. The molecule has 34 heavy (non-hydrogen) atoms. The Hall–Kier alpha value is -3.26. The maximum atomic E-state index is 12.3. The van der Waals surface area contributed by atoms with Crippen molar-refractivity contribution in [1.82, 2.24) is 9.97 Å². The Labute approximate surface area is 188 Å². The Bertz CT molecular complexity index is 975. The van der Waals surface area contributed by atoms with Crippen LogP contribution in [-0.4, -0.2) is 32.1 Å². The molecule has 2 heterocycles. The van der Waals surface area contributed by atoms with Crippen LogP contribution in [0.3, 0.4) is 0 Å². The lowest BCUT2D eigenvalue weighted by atomic mass is 10.1. The van der Waals surface area contributed by atoms with Crippen LogP contribution in [0.2, 0.25) is 0 Å². The van der Waals surface area contributed by atoms with Crippen molar-refractivity contribution >= 4 is 11.9 Å². The van der Waals surface area contributed by atoms with Crippen molar-refractivity contribution < 1.29 is 46.1 Å². The minimum absolute atomic E-state index is 0.153. The summed E-state index contributed by atoms with van der Waals surface area (Å²) in [6.07, 6.45) is -6.27. The van der Waals surface area contributed by atoms with Gasteiger partial charge in [0.15, 0.2) is 0 Å². The molecular formula is C20H20F6N4O4. The molecule has 2 aliphatic carbocycles. The second kappa shape index (κ2) is 10.3. The van der Waals surface area contributed by atoms with Crippen molar-refractivity contribution in [3.63, 3.8) is 0 Å². The summed E-state index contributed by atoms with van der Waals surface area (Å²) in [5, 5.41) is 14.8. The van der Waals surface area contributed by atoms with E-state index in [0.29, 0.717) is 37.1 Å². The summed E-state index contributed by atoms with van der Waals surface area (Å²) in [6.45, 7) is 0. The number of alkyl halides is 6. The second-order valence-electron chi connectivity index (χ2n) is 7.36. The first kappa shape index (κ1) is 27.0. The lowest BCUT2D eigenvalue weighted by Crippen LogP contribution is -2.10. The smallest absolute Gasteiger partial charge is 0.433 e. The number of nitrogens with two attached hydrogens (primary N) is 2. The Morgan fingerprint density at radius 1 is 0.735 bits per heavy atom. The van der Waals surface area contributed by atoms with Crippen molar-refractivity contribution in [2.75, 3.05) is 0 Å². The van der Waals surface area contributed by atoms with Crippen molar-refractivity contribution in [1.29, 1.82) is 0 Å². The molecule has 0 saturated carbocycles. The highest BCUT2D eigenvalue weighted by Crippen LogP contribution is 2.34. The van der Waals surface area contributed by atoms with E-state index in [4.69, 9.17) is 31.3 Å². The molecule has 0 amide bonds. The summed E-state index contributed by atoms with van der Waals surface area (Å²) in [5.74, 6) is -3.65. The van der Waals surface area contributed by atoms with E-state index in [9.17, 15) is 26.3 Å². The summed E-state index contributed by atoms with van der Waals surface area (Å²) in [7, 11) is 0. The molecule has 2 atom stereocenters. The highest BCUT2D eigenvalue weighted by Gasteiger charge is 2.35. The van der Waals surface area contributed by atoms with E-state index in [1.807, 2.05) is 0 Å². The van der Waals surface area contributed by atoms with Crippen molar-refractivity contribution in [3.8, 4) is 0 Å². The van der Waals surface area contributed by atoms with Gasteiger partial charge in [-0.05, 0) is 48.9 Å². The number of carboxylic acid groups (broad SMARTS) is 2. The Morgan fingerprint density at radius 2 is 1.06 bits per heavy atom. The van der Waals surface area contributed by atoms with E-state index < -0.39 is 35.7 Å². The van der Waals surface area contributed by atoms with Crippen LogP contribution in [0.5, 0.6) is 0 Å². The predicted octanol–water partition coefficient (Wildman–Crippen LogP) is 3.25. The predicted molar refractivity (Wildman–Crippen MR) is 104 cm³/mol. The van der Waals surface area contributed by atoms with Crippen LogP contribution in [0, 0.1) is 0 Å². The van der Waals surface area contributed by atoms with Gasteiger partial charge in [-0.15, -0.1) is 0 Å². The molecule has 2 aromatic heterocycles. The van der Waals surface area contributed by atoms with Gasteiger partial charge in [0.2, 0.25) is 0 Å². The third kappa shape index (κ3) is 6.87. The topological polar surface area (TPSA) is 152 Å². The molecule has 186 valence electrons. The van der Waals surface area contributed by atoms with E-state index in [-0.39, 0.29) is 12.1 Å². The normalized spacial score (nSPS) is 18.6. The van der Waals surface area contributed by atoms with Gasteiger partial charge in [-0.25, -0.2) is 19.6 Å². The molecule has 14 heteroatoms. The number of aryl methyl sites for hydroxylation is 2. The highest BCUT2D eigenvalue weighted by molar-refractivity contribution is 6.27. The fourth-order valence-corrected chi connectivity index (χ4v) is 3.31. The molecule has 0 aromatic carbocycles. The van der Waals surface area contributed by atoms with Gasteiger partial charge in [0, 0.05) is 23.5 Å². The number of fused-ring (bicyclic) bond motifs is 2. The maximum absolute atomic E-state index is 12.3. The average molecular weight is 494 g/mol. The molecule has 0 aliphatic heterocycles. The fourth-order valence-electron chi connectivity index (χ4n) is 3.31. The number of carbonyl (C=O) groups is 2. The number of pyridine rings is 2. The first-order valence-electron chi connectivity index (χ1n) is 9.72. The Balaban J connectivity index is 0.000000196. The summed E-state index contributed by atoms with van der Waals surface area (Å²) >= 11 is 0. The zero-order valence-corrected chi connectivity index (χ0v) is 17.3. The largest absolute Gasteiger partial charge is 0.473 e. The van der Waals surface area contributed by atoms with Crippen molar-refractivity contribution in [3.05, 3.63) is 58.2 Å². The van der Waals surface area contributed by atoms with Gasteiger partial charge < -0.3 is 21.7 Å². The SMILES string of the molecule is N[C@@H]1CCc2nc(C(F)(F)F)ccc21.N[C@@H]1CCc2nc(C(F)(F)F)ccc21.O=C(O)C(=O)O. The first-order chi connectivity index (χ1) is 15.6. The minimum atomic E-state index is -4.36. The lowest BCUT2D eigenvalue weighted by molar-refractivity contribution is -0.159. The molecule has 2 aliphatic rings. The monoisotopic (exact) mass is 494 g/mol. The quantitative estimate of drug-likeness (QED) is 0.322. The third-order valence-corrected chi connectivity index (χ3v) is 4.97. The van der Waals surface area contributed by atoms with Crippen molar-refractivity contribution in [2.24, 2.45) is 11.5 Å². The molecular weight excluding hydrogens is 474 g/mol. The third-order valence-electron chi connectivity index (χ3n) is 4.97. The molecule has 4 rings (SSSR count). The van der Waals surface area contributed by atoms with E-state index in [0.717, 1.165) is 23.3 Å². The molecule has 0 spiro atoms. The highest BCUT2D eigenvalue weighted by atomic mass is 19.4. The Kier molecular flexibility index (Phi) is 8.21. The molecule has 0 unspecified atom stereocenters. The van der Waals surface area contributed by atoms with E-state index in [2.05, 4.69) is 9.97 Å². The molecule has 6 N–H and O–H groups in total. The van der Waals surface area contributed by atoms with Crippen LogP contribution in [0.1, 0.15) is 58.8 Å². The number of hydrogen-bond acceptors (Lipinski definition) is 6. The molecule has 0 fully saturated rings. The summed E-state index contributed by atoms with van der Waals surface area (Å²) in [4.78, 5) is 25.3. The number of hydrogen-bond donors (Lipinski definition) is 4. The van der Waals surface area contributed by atoms with Crippen LogP contribution >= 0.6 is 0 Å². The van der Waals surface area contributed by atoms with E-state index >= 15 is 0 Å². The average Bonchev–Trinajstić information content (AvgIpc) is 3.30. The molecule has 0 bridgehead atoms. The first-order valence-corrected chi connectivity index (χ1v) is 9.72. The summed E-state index contributed by atoms with van der Waals surface area (Å²) in [6, 6.07) is 4.54. The molecule has 8 nitrogen and oxygen atoms in total. The van der Waals surface area contributed by atoms with Crippen LogP contribution in [0.15, 0.2) is 24.3 Å². The molecule has 0 saturated heterocycles. The maximum Gasteiger partial charge on any atom is 0.433 e. The van der Waals surface area contributed by atoms with Crippen LogP contribution in [-0.2, 0) is 34.8 Å². The zero-order chi connectivity index (χ0) is 25.8. The van der Waals surface area contributed by atoms with Crippen LogP contribution < -0.4 is 11.5 Å². The van der Waals surface area contributed by atoms with Gasteiger partial charge in [-0.1, -0.05) is 12.1 Å².